The van der Waals surface area contributed by atoms with Crippen molar-refractivity contribution in [2.75, 3.05) is 0 Å². The van der Waals surface area contributed by atoms with E-state index in [1.165, 1.54) is 6.07 Å². The molecule has 0 amide bonds. The summed E-state index contributed by atoms with van der Waals surface area (Å²) in [6, 6.07) is 13.0. The van der Waals surface area contributed by atoms with Gasteiger partial charge in [-0.25, -0.2) is 4.39 Å². The Hall–Kier alpha value is -2.09. The first-order valence-electron chi connectivity index (χ1n) is 5.91. The van der Waals surface area contributed by atoms with E-state index in [2.05, 4.69) is 0 Å². The van der Waals surface area contributed by atoms with Crippen LogP contribution in [0.4, 0.5) is 4.39 Å². The SMILES string of the molecule is Cc1cc(-c2oc3ccccc3c2C)ccc1F. The Morgan fingerprint density at radius 2 is 1.78 bits per heavy atom. The number of fused-ring (bicyclic) bond motifs is 1. The fourth-order valence-corrected chi connectivity index (χ4v) is 2.24. The molecule has 0 bridgehead atoms. The molecule has 18 heavy (non-hydrogen) atoms. The van der Waals surface area contributed by atoms with Crippen LogP contribution >= 0.6 is 0 Å². The topological polar surface area (TPSA) is 13.1 Å². The van der Waals surface area contributed by atoms with Crippen molar-refractivity contribution < 1.29 is 8.81 Å². The van der Waals surface area contributed by atoms with Crippen molar-refractivity contribution in [3.63, 3.8) is 0 Å². The molecule has 0 spiro atoms. The molecule has 1 aromatic heterocycles. The molecule has 0 radical (unpaired) electrons. The lowest BCUT2D eigenvalue weighted by atomic mass is 10.0. The molecule has 0 saturated heterocycles. The molecule has 0 unspecified atom stereocenters. The van der Waals surface area contributed by atoms with E-state index in [9.17, 15) is 4.39 Å². The molecule has 2 heteroatoms. The zero-order valence-electron chi connectivity index (χ0n) is 10.3. The summed E-state index contributed by atoms with van der Waals surface area (Å²) >= 11 is 0. The van der Waals surface area contributed by atoms with E-state index < -0.39 is 0 Å². The van der Waals surface area contributed by atoms with Gasteiger partial charge in [0.25, 0.3) is 0 Å². The molecule has 90 valence electrons. The van der Waals surface area contributed by atoms with Crippen molar-refractivity contribution in [2.24, 2.45) is 0 Å². The third-order valence-corrected chi connectivity index (χ3v) is 3.26. The van der Waals surface area contributed by atoms with Crippen molar-refractivity contribution in [1.82, 2.24) is 0 Å². The molecular formula is C16H13FO. The van der Waals surface area contributed by atoms with E-state index in [-0.39, 0.29) is 5.82 Å². The molecule has 2 aromatic carbocycles. The van der Waals surface area contributed by atoms with Gasteiger partial charge in [0.05, 0.1) is 0 Å². The van der Waals surface area contributed by atoms with E-state index in [0.717, 1.165) is 27.9 Å². The standard InChI is InChI=1S/C16H13FO/c1-10-9-12(7-8-14(10)17)16-11(2)13-5-3-4-6-15(13)18-16/h3-9H,1-2H3. The number of para-hydroxylation sites is 1. The third kappa shape index (κ3) is 1.61. The van der Waals surface area contributed by atoms with Crippen LogP contribution < -0.4 is 0 Å². The summed E-state index contributed by atoms with van der Waals surface area (Å²) in [6.45, 7) is 3.79. The zero-order valence-corrected chi connectivity index (χ0v) is 10.3. The van der Waals surface area contributed by atoms with Gasteiger partial charge in [0.2, 0.25) is 0 Å². The summed E-state index contributed by atoms with van der Waals surface area (Å²) in [4.78, 5) is 0. The second-order valence-corrected chi connectivity index (χ2v) is 4.52. The maximum absolute atomic E-state index is 13.3. The lowest BCUT2D eigenvalue weighted by Gasteiger charge is -2.01. The largest absolute Gasteiger partial charge is 0.456 e. The van der Waals surface area contributed by atoms with Crippen LogP contribution in [0.1, 0.15) is 11.1 Å². The Bertz CT molecular complexity index is 725. The van der Waals surface area contributed by atoms with E-state index in [1.807, 2.05) is 37.3 Å². The first-order chi connectivity index (χ1) is 8.66. The summed E-state index contributed by atoms with van der Waals surface area (Å²) in [6.07, 6.45) is 0. The highest BCUT2D eigenvalue weighted by molar-refractivity contribution is 5.87. The molecule has 1 nitrogen and oxygen atoms in total. The summed E-state index contributed by atoms with van der Waals surface area (Å²) in [5.41, 5.74) is 3.51. The van der Waals surface area contributed by atoms with Crippen LogP contribution in [0, 0.1) is 19.7 Å². The molecule has 0 aliphatic rings. The van der Waals surface area contributed by atoms with Crippen LogP contribution in [-0.2, 0) is 0 Å². The van der Waals surface area contributed by atoms with Gasteiger partial charge >= 0.3 is 0 Å². The van der Waals surface area contributed by atoms with Crippen LogP contribution in [0.25, 0.3) is 22.3 Å². The highest BCUT2D eigenvalue weighted by Crippen LogP contribution is 2.33. The fourth-order valence-electron chi connectivity index (χ4n) is 2.24. The quantitative estimate of drug-likeness (QED) is 0.592. The summed E-state index contributed by atoms with van der Waals surface area (Å²) in [5.74, 6) is 0.631. The Morgan fingerprint density at radius 3 is 2.50 bits per heavy atom. The average molecular weight is 240 g/mol. The van der Waals surface area contributed by atoms with E-state index in [4.69, 9.17) is 4.42 Å². The molecule has 0 aliphatic carbocycles. The highest BCUT2D eigenvalue weighted by atomic mass is 19.1. The predicted octanol–water partition coefficient (Wildman–Crippen LogP) is 4.86. The average Bonchev–Trinajstić information content (AvgIpc) is 2.71. The molecule has 0 N–H and O–H groups in total. The first-order valence-corrected chi connectivity index (χ1v) is 5.91. The van der Waals surface area contributed by atoms with Crippen molar-refractivity contribution in [3.8, 4) is 11.3 Å². The number of benzene rings is 2. The van der Waals surface area contributed by atoms with Gasteiger partial charge in [-0.2, -0.15) is 0 Å². The van der Waals surface area contributed by atoms with Gasteiger partial charge in [0, 0.05) is 16.5 Å². The number of rotatable bonds is 1. The van der Waals surface area contributed by atoms with E-state index in [0.29, 0.717) is 5.56 Å². The normalized spacial score (nSPS) is 11.1. The minimum absolute atomic E-state index is 0.187. The summed E-state index contributed by atoms with van der Waals surface area (Å²) < 4.78 is 19.1. The molecule has 3 rings (SSSR count). The second kappa shape index (κ2) is 3.98. The zero-order chi connectivity index (χ0) is 12.7. The van der Waals surface area contributed by atoms with Gasteiger partial charge in [-0.05, 0) is 43.7 Å². The number of furan rings is 1. The molecule has 1 heterocycles. The van der Waals surface area contributed by atoms with Gasteiger partial charge in [-0.1, -0.05) is 18.2 Å². The van der Waals surface area contributed by atoms with Crippen molar-refractivity contribution in [1.29, 1.82) is 0 Å². The van der Waals surface area contributed by atoms with Crippen LogP contribution in [0.15, 0.2) is 46.9 Å². The van der Waals surface area contributed by atoms with E-state index >= 15 is 0 Å². The molecule has 3 aromatic rings. The van der Waals surface area contributed by atoms with Gasteiger partial charge < -0.3 is 4.42 Å². The molecule has 0 aliphatic heterocycles. The number of aryl methyl sites for hydroxylation is 2. The van der Waals surface area contributed by atoms with E-state index in [1.54, 1.807) is 13.0 Å². The smallest absolute Gasteiger partial charge is 0.138 e. The fraction of sp³-hybridized carbons (Fsp3) is 0.125. The molecule has 0 atom stereocenters. The van der Waals surface area contributed by atoms with Gasteiger partial charge in [-0.15, -0.1) is 0 Å². The lowest BCUT2D eigenvalue weighted by Crippen LogP contribution is -1.84. The minimum atomic E-state index is -0.187. The number of hydrogen-bond donors (Lipinski definition) is 0. The highest BCUT2D eigenvalue weighted by Gasteiger charge is 2.12. The minimum Gasteiger partial charge on any atom is -0.456 e. The Labute approximate surface area is 105 Å². The molecular weight excluding hydrogens is 227 g/mol. The van der Waals surface area contributed by atoms with Gasteiger partial charge in [0.15, 0.2) is 0 Å². The maximum atomic E-state index is 13.3. The Morgan fingerprint density at radius 1 is 1.00 bits per heavy atom. The second-order valence-electron chi connectivity index (χ2n) is 4.52. The Kier molecular flexibility index (Phi) is 2.44. The van der Waals surface area contributed by atoms with Crippen molar-refractivity contribution in [3.05, 3.63) is 59.4 Å². The summed E-state index contributed by atoms with van der Waals surface area (Å²) in [7, 11) is 0. The number of hydrogen-bond acceptors (Lipinski definition) is 1. The van der Waals surface area contributed by atoms with Crippen molar-refractivity contribution in [2.45, 2.75) is 13.8 Å². The third-order valence-electron chi connectivity index (χ3n) is 3.26. The van der Waals surface area contributed by atoms with Gasteiger partial charge in [0.1, 0.15) is 17.2 Å². The van der Waals surface area contributed by atoms with Crippen LogP contribution in [-0.4, -0.2) is 0 Å². The number of halogens is 1. The Balaban J connectivity index is 2.25. The lowest BCUT2D eigenvalue weighted by molar-refractivity contribution is 0.615. The van der Waals surface area contributed by atoms with Gasteiger partial charge in [-0.3, -0.25) is 0 Å². The first kappa shape index (κ1) is 11.0. The van der Waals surface area contributed by atoms with Crippen LogP contribution in [0.5, 0.6) is 0 Å². The maximum Gasteiger partial charge on any atom is 0.138 e. The molecule has 0 fully saturated rings. The molecule has 0 saturated carbocycles. The summed E-state index contributed by atoms with van der Waals surface area (Å²) in [5, 5.41) is 1.11. The van der Waals surface area contributed by atoms with Crippen LogP contribution in [0.2, 0.25) is 0 Å². The van der Waals surface area contributed by atoms with Crippen molar-refractivity contribution >= 4 is 11.0 Å². The predicted molar refractivity (Wildman–Crippen MR) is 71.1 cm³/mol. The monoisotopic (exact) mass is 240 g/mol. The van der Waals surface area contributed by atoms with Crippen LogP contribution in [0.3, 0.4) is 0 Å².